The number of nitrogens with one attached hydrogen (secondary N) is 1. The van der Waals surface area contributed by atoms with Crippen LogP contribution in [0.15, 0.2) is 11.8 Å². The van der Waals surface area contributed by atoms with E-state index in [2.05, 4.69) is 5.32 Å². The van der Waals surface area contributed by atoms with Crippen LogP contribution < -0.4 is 5.32 Å². The first-order valence-corrected chi connectivity index (χ1v) is 3.68. The van der Waals surface area contributed by atoms with Crippen molar-refractivity contribution in [1.82, 2.24) is 10.2 Å². The number of amides is 1. The highest BCUT2D eigenvalue weighted by Gasteiger charge is 2.30. The van der Waals surface area contributed by atoms with Crippen LogP contribution in [-0.2, 0) is 0 Å². The highest BCUT2D eigenvalue weighted by atomic mass is 16.4. The van der Waals surface area contributed by atoms with E-state index in [1.807, 2.05) is 0 Å². The molecule has 0 radical (unpaired) electrons. The van der Waals surface area contributed by atoms with Crippen LogP contribution in [0.5, 0.6) is 0 Å². The molecule has 4 heteroatoms. The van der Waals surface area contributed by atoms with E-state index < -0.39 is 6.09 Å². The lowest BCUT2D eigenvalue weighted by molar-refractivity contribution is 0.163. The standard InChI is InChI=1S/C7H10N2O2/c10-7(11)9-3-5-1-8-2-6(5)4-9/h3,6,8H,1-2,4H2,(H,10,11). The molecule has 0 spiro atoms. The summed E-state index contributed by atoms with van der Waals surface area (Å²) in [5.74, 6) is 0.436. The molecule has 0 aromatic rings. The number of hydrogen-bond acceptors (Lipinski definition) is 2. The van der Waals surface area contributed by atoms with Crippen molar-refractivity contribution in [2.45, 2.75) is 0 Å². The Hall–Kier alpha value is -1.03. The monoisotopic (exact) mass is 154 g/mol. The average molecular weight is 154 g/mol. The molecule has 2 rings (SSSR count). The van der Waals surface area contributed by atoms with Gasteiger partial charge >= 0.3 is 6.09 Å². The van der Waals surface area contributed by atoms with Crippen LogP contribution in [0.3, 0.4) is 0 Å². The maximum atomic E-state index is 10.5. The molecule has 0 aromatic heterocycles. The molecule has 1 fully saturated rings. The molecule has 0 aliphatic carbocycles. The van der Waals surface area contributed by atoms with Crippen molar-refractivity contribution < 1.29 is 9.90 Å². The van der Waals surface area contributed by atoms with E-state index in [-0.39, 0.29) is 0 Å². The fourth-order valence-electron chi connectivity index (χ4n) is 1.62. The number of nitrogens with zero attached hydrogens (tertiary/aromatic N) is 1. The minimum absolute atomic E-state index is 0.436. The Kier molecular flexibility index (Phi) is 1.35. The molecule has 1 amide bonds. The highest BCUT2D eigenvalue weighted by molar-refractivity contribution is 5.67. The van der Waals surface area contributed by atoms with Gasteiger partial charge in [0.15, 0.2) is 0 Å². The predicted molar refractivity (Wildman–Crippen MR) is 39.2 cm³/mol. The number of carboxylic acid groups (broad SMARTS) is 1. The van der Waals surface area contributed by atoms with Crippen molar-refractivity contribution in [1.29, 1.82) is 0 Å². The first kappa shape index (κ1) is 6.67. The van der Waals surface area contributed by atoms with E-state index in [1.165, 1.54) is 10.5 Å². The molecule has 2 N–H and O–H groups in total. The fraction of sp³-hybridized carbons (Fsp3) is 0.571. The highest BCUT2D eigenvalue weighted by Crippen LogP contribution is 2.24. The van der Waals surface area contributed by atoms with Gasteiger partial charge in [0.05, 0.1) is 0 Å². The Morgan fingerprint density at radius 1 is 1.82 bits per heavy atom. The van der Waals surface area contributed by atoms with Crippen molar-refractivity contribution in [2.75, 3.05) is 19.6 Å². The van der Waals surface area contributed by atoms with Crippen LogP contribution in [0.2, 0.25) is 0 Å². The molecule has 0 bridgehead atoms. The second-order valence-corrected chi connectivity index (χ2v) is 2.97. The smallest absolute Gasteiger partial charge is 0.411 e. The molecule has 2 heterocycles. The van der Waals surface area contributed by atoms with E-state index in [4.69, 9.17) is 5.11 Å². The summed E-state index contributed by atoms with van der Waals surface area (Å²) in [6.07, 6.45) is 0.902. The van der Waals surface area contributed by atoms with Crippen LogP contribution >= 0.6 is 0 Å². The van der Waals surface area contributed by atoms with Gasteiger partial charge in [-0.05, 0) is 5.57 Å². The van der Waals surface area contributed by atoms with Gasteiger partial charge in [-0.1, -0.05) is 0 Å². The topological polar surface area (TPSA) is 52.6 Å². The van der Waals surface area contributed by atoms with Crippen molar-refractivity contribution in [3.63, 3.8) is 0 Å². The normalized spacial score (nSPS) is 28.5. The van der Waals surface area contributed by atoms with Gasteiger partial charge in [-0.15, -0.1) is 0 Å². The second kappa shape index (κ2) is 2.23. The molecule has 0 aromatic carbocycles. The number of hydrogen-bond donors (Lipinski definition) is 2. The third-order valence-corrected chi connectivity index (χ3v) is 2.23. The third kappa shape index (κ3) is 0.991. The van der Waals surface area contributed by atoms with Crippen LogP contribution in [0.4, 0.5) is 4.79 Å². The first-order chi connectivity index (χ1) is 5.27. The van der Waals surface area contributed by atoms with Gasteiger partial charge in [-0.2, -0.15) is 0 Å². The van der Waals surface area contributed by atoms with E-state index in [0.717, 1.165) is 13.1 Å². The third-order valence-electron chi connectivity index (χ3n) is 2.23. The minimum Gasteiger partial charge on any atom is -0.465 e. The lowest BCUT2D eigenvalue weighted by Crippen LogP contribution is -2.26. The molecular formula is C7H10N2O2. The van der Waals surface area contributed by atoms with E-state index >= 15 is 0 Å². The van der Waals surface area contributed by atoms with Gasteiger partial charge in [-0.3, -0.25) is 4.90 Å². The Morgan fingerprint density at radius 3 is 3.27 bits per heavy atom. The Morgan fingerprint density at radius 2 is 2.64 bits per heavy atom. The quantitative estimate of drug-likeness (QED) is 0.519. The van der Waals surface area contributed by atoms with E-state index in [9.17, 15) is 4.79 Å². The summed E-state index contributed by atoms with van der Waals surface area (Å²) >= 11 is 0. The van der Waals surface area contributed by atoms with Crippen molar-refractivity contribution >= 4 is 6.09 Å². The Labute approximate surface area is 64.5 Å². The molecule has 0 saturated carbocycles. The summed E-state index contributed by atoms with van der Waals surface area (Å²) in [6, 6.07) is 0. The number of fused-ring (bicyclic) bond motifs is 1. The maximum Gasteiger partial charge on any atom is 0.411 e. The van der Waals surface area contributed by atoms with Crippen molar-refractivity contribution in [2.24, 2.45) is 5.92 Å². The molecule has 1 unspecified atom stereocenters. The van der Waals surface area contributed by atoms with Gasteiger partial charge < -0.3 is 10.4 Å². The van der Waals surface area contributed by atoms with Crippen molar-refractivity contribution in [3.8, 4) is 0 Å². The molecule has 4 nitrogen and oxygen atoms in total. The van der Waals surface area contributed by atoms with Crippen LogP contribution in [0.1, 0.15) is 0 Å². The van der Waals surface area contributed by atoms with E-state index in [1.54, 1.807) is 6.20 Å². The molecule has 2 aliphatic rings. The summed E-state index contributed by atoms with van der Waals surface area (Å²) in [4.78, 5) is 11.9. The maximum absolute atomic E-state index is 10.5. The van der Waals surface area contributed by atoms with Gasteiger partial charge in [0.1, 0.15) is 0 Å². The fourth-order valence-corrected chi connectivity index (χ4v) is 1.62. The Balaban J connectivity index is 2.13. The van der Waals surface area contributed by atoms with Gasteiger partial charge in [-0.25, -0.2) is 4.79 Å². The first-order valence-electron chi connectivity index (χ1n) is 3.68. The summed E-state index contributed by atoms with van der Waals surface area (Å²) in [6.45, 7) is 2.42. The molecule has 2 aliphatic heterocycles. The van der Waals surface area contributed by atoms with Gasteiger partial charge in [0, 0.05) is 31.8 Å². The zero-order valence-electron chi connectivity index (χ0n) is 6.08. The summed E-state index contributed by atoms with van der Waals surface area (Å²) in [5.41, 5.74) is 1.23. The van der Waals surface area contributed by atoms with E-state index in [0.29, 0.717) is 12.5 Å². The number of rotatable bonds is 0. The largest absolute Gasteiger partial charge is 0.465 e. The van der Waals surface area contributed by atoms with Gasteiger partial charge in [0.25, 0.3) is 0 Å². The molecule has 11 heavy (non-hydrogen) atoms. The minimum atomic E-state index is -0.841. The summed E-state index contributed by atoms with van der Waals surface area (Å²) in [5, 5.41) is 11.8. The van der Waals surface area contributed by atoms with Gasteiger partial charge in [0.2, 0.25) is 0 Å². The van der Waals surface area contributed by atoms with Crippen LogP contribution in [0, 0.1) is 5.92 Å². The SMILES string of the molecule is O=C(O)N1C=C2CNCC2C1. The molecule has 1 atom stereocenters. The zero-order valence-corrected chi connectivity index (χ0v) is 6.08. The van der Waals surface area contributed by atoms with Crippen molar-refractivity contribution in [3.05, 3.63) is 11.8 Å². The summed E-state index contributed by atoms with van der Waals surface area (Å²) in [7, 11) is 0. The Bertz CT molecular complexity index is 224. The zero-order chi connectivity index (χ0) is 7.84. The summed E-state index contributed by atoms with van der Waals surface area (Å²) < 4.78 is 0. The van der Waals surface area contributed by atoms with Crippen LogP contribution in [0.25, 0.3) is 0 Å². The second-order valence-electron chi connectivity index (χ2n) is 2.97. The molecule has 1 saturated heterocycles. The number of carbonyl (C=O) groups is 1. The predicted octanol–water partition coefficient (Wildman–Crippen LogP) is 0.0833. The lowest BCUT2D eigenvalue weighted by atomic mass is 10.1. The van der Waals surface area contributed by atoms with Crippen LogP contribution in [-0.4, -0.2) is 35.7 Å². The molecular weight excluding hydrogens is 144 g/mol. The average Bonchev–Trinajstić information content (AvgIpc) is 2.40. The molecule has 60 valence electrons. The lowest BCUT2D eigenvalue weighted by Gasteiger charge is -2.09.